The number of rotatable bonds is 8. The van der Waals surface area contributed by atoms with E-state index in [0.717, 1.165) is 12.0 Å². The van der Waals surface area contributed by atoms with Crippen LogP contribution in [0.2, 0.25) is 0 Å². The molecule has 128 valence electrons. The summed E-state index contributed by atoms with van der Waals surface area (Å²) in [4.78, 5) is 23.1. The number of nitrogens with zero attached hydrogens (tertiary/aromatic N) is 1. The number of aryl methyl sites for hydroxylation is 1. The number of amides is 1. The number of carbonyl (C=O) groups excluding carboxylic acids is 1. The van der Waals surface area contributed by atoms with Crippen LogP contribution in [0.4, 0.5) is 0 Å². The molecule has 1 aromatic carbocycles. The number of carboxylic acid groups (broad SMARTS) is 1. The molecule has 0 bridgehead atoms. The molecule has 0 saturated heterocycles. The van der Waals surface area contributed by atoms with E-state index in [2.05, 4.69) is 10.6 Å². The lowest BCUT2D eigenvalue weighted by Gasteiger charge is -2.17. The van der Waals surface area contributed by atoms with Crippen LogP contribution in [0.1, 0.15) is 25.0 Å². The first-order valence-electron chi connectivity index (χ1n) is 7.78. The van der Waals surface area contributed by atoms with Gasteiger partial charge in [-0.2, -0.15) is 5.26 Å². The van der Waals surface area contributed by atoms with Crippen molar-refractivity contribution in [1.82, 2.24) is 10.6 Å². The Morgan fingerprint density at radius 1 is 1.29 bits per heavy atom. The molecule has 1 aromatic rings. The fourth-order valence-electron chi connectivity index (χ4n) is 2.03. The van der Waals surface area contributed by atoms with Gasteiger partial charge in [0.2, 0.25) is 0 Å². The summed E-state index contributed by atoms with van der Waals surface area (Å²) in [5.41, 5.74) is 2.19. The minimum atomic E-state index is -1.12. The zero-order valence-corrected chi connectivity index (χ0v) is 14.2. The molecule has 1 unspecified atom stereocenters. The molecule has 0 saturated carbocycles. The van der Waals surface area contributed by atoms with Crippen molar-refractivity contribution < 1.29 is 14.7 Å². The van der Waals surface area contributed by atoms with Crippen LogP contribution in [0, 0.1) is 24.2 Å². The average Bonchev–Trinajstić information content (AvgIpc) is 2.53. The van der Waals surface area contributed by atoms with Crippen LogP contribution in [-0.2, 0) is 16.0 Å². The van der Waals surface area contributed by atoms with Crippen LogP contribution < -0.4 is 10.6 Å². The molecule has 1 rings (SSSR count). The van der Waals surface area contributed by atoms with E-state index in [0.29, 0.717) is 6.54 Å². The van der Waals surface area contributed by atoms with Crippen LogP contribution in [0.5, 0.6) is 0 Å². The predicted octanol–water partition coefficient (Wildman–Crippen LogP) is 1.76. The van der Waals surface area contributed by atoms with E-state index in [4.69, 9.17) is 10.4 Å². The van der Waals surface area contributed by atoms with Crippen molar-refractivity contribution in [3.63, 3.8) is 0 Å². The highest BCUT2D eigenvalue weighted by Crippen LogP contribution is 2.04. The lowest BCUT2D eigenvalue weighted by atomic mass is 10.0. The Labute approximate surface area is 142 Å². The molecule has 0 fully saturated rings. The summed E-state index contributed by atoms with van der Waals surface area (Å²) in [6.45, 7) is 5.96. The summed E-state index contributed by atoms with van der Waals surface area (Å²) < 4.78 is 0. The van der Waals surface area contributed by atoms with Crippen molar-refractivity contribution in [2.75, 3.05) is 6.54 Å². The minimum absolute atomic E-state index is 0.147. The van der Waals surface area contributed by atoms with Crippen LogP contribution in [0.3, 0.4) is 0 Å². The maximum absolute atomic E-state index is 12.0. The van der Waals surface area contributed by atoms with E-state index in [1.165, 1.54) is 11.8 Å². The van der Waals surface area contributed by atoms with Gasteiger partial charge in [0, 0.05) is 12.7 Å². The van der Waals surface area contributed by atoms with Gasteiger partial charge < -0.3 is 15.7 Å². The first-order valence-corrected chi connectivity index (χ1v) is 7.78. The average molecular weight is 329 g/mol. The van der Waals surface area contributed by atoms with Crippen molar-refractivity contribution in [2.24, 2.45) is 5.92 Å². The summed E-state index contributed by atoms with van der Waals surface area (Å²) in [5, 5.41) is 23.4. The number of nitriles is 1. The normalized spacial score (nSPS) is 12.4. The standard InChI is InChI=1S/C18H23N3O3/c1-12(2)16(18(23)24)21-17(22)15(10-19)11-20-9-8-14-6-4-13(3)5-7-14/h4-7,11-12,16,20H,8-9H2,1-3H3,(H,21,22)(H,23,24)/b15-11-. The van der Waals surface area contributed by atoms with E-state index >= 15 is 0 Å². The zero-order valence-electron chi connectivity index (χ0n) is 14.2. The van der Waals surface area contributed by atoms with E-state index < -0.39 is 17.9 Å². The quantitative estimate of drug-likeness (QED) is 0.383. The molecule has 0 heterocycles. The van der Waals surface area contributed by atoms with Crippen molar-refractivity contribution in [3.8, 4) is 6.07 Å². The van der Waals surface area contributed by atoms with E-state index in [9.17, 15) is 9.59 Å². The number of hydrogen-bond donors (Lipinski definition) is 3. The highest BCUT2D eigenvalue weighted by molar-refractivity contribution is 5.99. The van der Waals surface area contributed by atoms with Crippen molar-refractivity contribution in [1.29, 1.82) is 5.26 Å². The van der Waals surface area contributed by atoms with Gasteiger partial charge in [-0.15, -0.1) is 0 Å². The predicted molar refractivity (Wildman–Crippen MR) is 91.0 cm³/mol. The van der Waals surface area contributed by atoms with Gasteiger partial charge in [-0.05, 0) is 24.8 Å². The molecular formula is C18H23N3O3. The number of hydrogen-bond acceptors (Lipinski definition) is 4. The number of carbonyl (C=O) groups is 2. The third-order valence-electron chi connectivity index (χ3n) is 3.51. The Morgan fingerprint density at radius 2 is 1.92 bits per heavy atom. The molecule has 0 aliphatic carbocycles. The maximum Gasteiger partial charge on any atom is 0.326 e. The van der Waals surface area contributed by atoms with Gasteiger partial charge in [-0.3, -0.25) is 4.79 Å². The Kier molecular flexibility index (Phi) is 7.50. The fourth-order valence-corrected chi connectivity index (χ4v) is 2.03. The molecule has 0 radical (unpaired) electrons. The number of benzene rings is 1. The Balaban J connectivity index is 2.56. The van der Waals surface area contributed by atoms with Gasteiger partial charge in [0.05, 0.1) is 0 Å². The summed E-state index contributed by atoms with van der Waals surface area (Å²) >= 11 is 0. The third-order valence-corrected chi connectivity index (χ3v) is 3.51. The van der Waals surface area contributed by atoms with Crippen LogP contribution in [0.15, 0.2) is 36.0 Å². The topological polar surface area (TPSA) is 102 Å². The summed E-state index contributed by atoms with van der Waals surface area (Å²) in [5.74, 6) is -2.09. The van der Waals surface area contributed by atoms with Crippen LogP contribution in [0.25, 0.3) is 0 Å². The number of aliphatic carboxylic acids is 1. The molecule has 1 atom stereocenters. The molecule has 1 amide bonds. The lowest BCUT2D eigenvalue weighted by Crippen LogP contribution is -2.44. The lowest BCUT2D eigenvalue weighted by molar-refractivity contribution is -0.142. The molecule has 3 N–H and O–H groups in total. The molecule has 0 spiro atoms. The largest absolute Gasteiger partial charge is 0.480 e. The SMILES string of the molecule is Cc1ccc(CCN/C=C(/C#N)C(=O)NC(C(=O)O)C(C)C)cc1. The molecule has 0 aliphatic heterocycles. The number of nitrogens with one attached hydrogen (secondary N) is 2. The molecule has 0 aliphatic rings. The summed E-state index contributed by atoms with van der Waals surface area (Å²) in [7, 11) is 0. The highest BCUT2D eigenvalue weighted by atomic mass is 16.4. The first-order chi connectivity index (χ1) is 11.3. The minimum Gasteiger partial charge on any atom is -0.480 e. The fraction of sp³-hybridized carbons (Fsp3) is 0.389. The Bertz CT molecular complexity index is 642. The first kappa shape index (κ1) is 19.2. The monoisotopic (exact) mass is 329 g/mol. The smallest absolute Gasteiger partial charge is 0.326 e. The van der Waals surface area contributed by atoms with Gasteiger partial charge in [-0.25, -0.2) is 4.79 Å². The second-order valence-corrected chi connectivity index (χ2v) is 5.89. The third kappa shape index (κ3) is 6.13. The molecule has 0 aromatic heterocycles. The second-order valence-electron chi connectivity index (χ2n) is 5.89. The van der Waals surface area contributed by atoms with E-state index in [1.807, 2.05) is 31.2 Å². The molecule has 6 nitrogen and oxygen atoms in total. The molecule has 6 heteroatoms. The van der Waals surface area contributed by atoms with Crippen molar-refractivity contribution >= 4 is 11.9 Å². The summed E-state index contributed by atoms with van der Waals surface area (Å²) in [6.07, 6.45) is 2.07. The Morgan fingerprint density at radius 3 is 2.42 bits per heavy atom. The van der Waals surface area contributed by atoms with Gasteiger partial charge in [0.15, 0.2) is 0 Å². The zero-order chi connectivity index (χ0) is 18.1. The number of carboxylic acids is 1. The molecular weight excluding hydrogens is 306 g/mol. The summed E-state index contributed by atoms with van der Waals surface area (Å²) in [6, 6.07) is 8.86. The van der Waals surface area contributed by atoms with Crippen molar-refractivity contribution in [2.45, 2.75) is 33.2 Å². The second kappa shape index (κ2) is 9.36. The van der Waals surface area contributed by atoms with E-state index in [-0.39, 0.29) is 11.5 Å². The molecule has 24 heavy (non-hydrogen) atoms. The highest BCUT2D eigenvalue weighted by Gasteiger charge is 2.24. The van der Waals surface area contributed by atoms with E-state index in [1.54, 1.807) is 19.9 Å². The van der Waals surface area contributed by atoms with Gasteiger partial charge in [0.25, 0.3) is 5.91 Å². The van der Waals surface area contributed by atoms with Gasteiger partial charge >= 0.3 is 5.97 Å². The maximum atomic E-state index is 12.0. The van der Waals surface area contributed by atoms with Crippen LogP contribution in [-0.4, -0.2) is 29.6 Å². The van der Waals surface area contributed by atoms with Gasteiger partial charge in [-0.1, -0.05) is 43.7 Å². The van der Waals surface area contributed by atoms with Crippen molar-refractivity contribution in [3.05, 3.63) is 47.2 Å². The van der Waals surface area contributed by atoms with Crippen LogP contribution >= 0.6 is 0 Å². The van der Waals surface area contributed by atoms with Gasteiger partial charge in [0.1, 0.15) is 17.7 Å². The Hall–Kier alpha value is -2.81.